The van der Waals surface area contributed by atoms with E-state index in [2.05, 4.69) is 33.5 Å². The van der Waals surface area contributed by atoms with E-state index in [1.54, 1.807) is 12.3 Å². The Morgan fingerprint density at radius 1 is 0.974 bits per heavy atom. The zero-order valence-corrected chi connectivity index (χ0v) is 23.6. The molecule has 1 N–H and O–H groups in total. The lowest BCUT2D eigenvalue weighted by atomic mass is 10.1. The van der Waals surface area contributed by atoms with Crippen molar-refractivity contribution >= 4 is 11.7 Å². The average molecular weight is 536 g/mol. The summed E-state index contributed by atoms with van der Waals surface area (Å²) in [5, 5.41) is 21.4. The van der Waals surface area contributed by atoms with Crippen molar-refractivity contribution in [2.75, 3.05) is 44.2 Å². The van der Waals surface area contributed by atoms with Crippen molar-refractivity contribution in [1.82, 2.24) is 9.88 Å². The molecule has 0 aliphatic carbocycles. The Bertz CT molecular complexity index is 786. The summed E-state index contributed by atoms with van der Waals surface area (Å²) in [6, 6.07) is 4.21. The number of hydrogen-bond acceptors (Lipinski definition) is 8. The number of hydroxylamine groups is 2. The van der Waals surface area contributed by atoms with E-state index >= 15 is 0 Å². The summed E-state index contributed by atoms with van der Waals surface area (Å²) in [4.78, 5) is 36.1. The van der Waals surface area contributed by atoms with Gasteiger partial charge in [0.25, 0.3) is 5.09 Å². The average Bonchev–Trinajstić information content (AvgIpc) is 2.94. The van der Waals surface area contributed by atoms with Crippen molar-refractivity contribution in [3.8, 4) is 0 Å². The van der Waals surface area contributed by atoms with Gasteiger partial charge >= 0.3 is 5.91 Å². The van der Waals surface area contributed by atoms with Crippen molar-refractivity contribution in [2.24, 2.45) is 0 Å². The molecule has 0 saturated carbocycles. The van der Waals surface area contributed by atoms with E-state index in [0.717, 1.165) is 83.4 Å². The van der Waals surface area contributed by atoms with Crippen molar-refractivity contribution in [3.63, 3.8) is 0 Å². The molecule has 1 aromatic heterocycles. The number of carbonyl (C=O) groups is 1. The lowest BCUT2D eigenvalue weighted by Gasteiger charge is -2.38. The molecule has 10 heteroatoms. The number of hydrogen-bond donors (Lipinski definition) is 1. The van der Waals surface area contributed by atoms with Crippen LogP contribution in [0.5, 0.6) is 0 Å². The molecule has 1 fully saturated rings. The van der Waals surface area contributed by atoms with E-state index in [1.165, 1.54) is 32.1 Å². The van der Waals surface area contributed by atoms with E-state index in [1.807, 2.05) is 6.07 Å². The second kappa shape index (κ2) is 18.9. The molecule has 10 nitrogen and oxygen atoms in total. The maximum atomic E-state index is 12.5. The van der Waals surface area contributed by atoms with Crippen LogP contribution in [0, 0.1) is 15.3 Å². The van der Waals surface area contributed by atoms with Crippen LogP contribution in [0.15, 0.2) is 18.3 Å². The van der Waals surface area contributed by atoms with Gasteiger partial charge in [-0.15, -0.1) is 10.1 Å². The third kappa shape index (κ3) is 12.5. The number of carbonyl (C=O) groups excluding carboxylic acids is 1. The summed E-state index contributed by atoms with van der Waals surface area (Å²) in [5.74, 6) is 0.453. The maximum absolute atomic E-state index is 12.5. The van der Waals surface area contributed by atoms with Gasteiger partial charge in [0, 0.05) is 38.4 Å². The fourth-order valence-electron chi connectivity index (χ4n) is 4.93. The van der Waals surface area contributed by atoms with Crippen LogP contribution in [-0.2, 0) is 4.84 Å². The van der Waals surface area contributed by atoms with Gasteiger partial charge in [-0.2, -0.15) is 0 Å². The fourth-order valence-corrected chi connectivity index (χ4v) is 4.93. The van der Waals surface area contributed by atoms with Crippen LogP contribution < -0.4 is 9.96 Å². The van der Waals surface area contributed by atoms with Crippen LogP contribution in [0.3, 0.4) is 0 Å². The van der Waals surface area contributed by atoms with E-state index in [-0.39, 0.29) is 11.7 Å². The first-order chi connectivity index (χ1) is 18.4. The van der Waals surface area contributed by atoms with E-state index in [9.17, 15) is 20.1 Å². The van der Waals surface area contributed by atoms with Gasteiger partial charge in [-0.25, -0.2) is 9.78 Å². The normalized spacial score (nSPS) is 15.8. The number of piperazine rings is 1. The minimum absolute atomic E-state index is 0.202. The van der Waals surface area contributed by atoms with E-state index < -0.39 is 11.0 Å². The Morgan fingerprint density at radius 3 is 2.03 bits per heavy atom. The minimum atomic E-state index is -0.731. The molecule has 2 atom stereocenters. The number of nitrogens with one attached hydrogen (secondary N) is 1. The van der Waals surface area contributed by atoms with Gasteiger partial charge in [0.1, 0.15) is 5.82 Å². The largest absolute Gasteiger partial charge is 0.626 e. The highest BCUT2D eigenvalue weighted by atomic mass is 16.9. The van der Waals surface area contributed by atoms with Crippen LogP contribution >= 0.6 is 0 Å². The number of amides is 1. The van der Waals surface area contributed by atoms with E-state index in [0.29, 0.717) is 18.2 Å². The van der Waals surface area contributed by atoms with Crippen molar-refractivity contribution in [3.05, 3.63) is 39.2 Å². The molecule has 0 radical (unpaired) electrons. The molecular formula is C28H49N5O5. The molecule has 38 heavy (non-hydrogen) atoms. The molecule has 0 bridgehead atoms. The van der Waals surface area contributed by atoms with Crippen LogP contribution in [-0.4, -0.2) is 66.3 Å². The lowest BCUT2D eigenvalue weighted by molar-refractivity contribution is -0.757. The second-order valence-corrected chi connectivity index (χ2v) is 10.5. The molecule has 2 rings (SSSR count). The highest BCUT2D eigenvalue weighted by Crippen LogP contribution is 2.16. The third-order valence-corrected chi connectivity index (χ3v) is 7.61. The zero-order chi connectivity index (χ0) is 27.6. The van der Waals surface area contributed by atoms with Gasteiger partial charge in [-0.3, -0.25) is 4.90 Å². The summed E-state index contributed by atoms with van der Waals surface area (Å²) >= 11 is 0. The zero-order valence-electron chi connectivity index (χ0n) is 23.6. The van der Waals surface area contributed by atoms with Gasteiger partial charge in [-0.1, -0.05) is 64.7 Å². The Morgan fingerprint density at radius 2 is 1.53 bits per heavy atom. The molecule has 2 unspecified atom stereocenters. The molecular weight excluding hydrogens is 486 g/mol. The number of anilines is 1. The molecule has 0 aromatic carbocycles. The van der Waals surface area contributed by atoms with Crippen molar-refractivity contribution in [2.45, 2.75) is 103 Å². The molecule has 1 saturated heterocycles. The van der Waals surface area contributed by atoms with Crippen LogP contribution in [0.4, 0.5) is 5.82 Å². The van der Waals surface area contributed by atoms with Crippen LogP contribution in [0.25, 0.3) is 0 Å². The first-order valence-corrected chi connectivity index (χ1v) is 14.7. The topological polar surface area (TPSA) is 116 Å². The quantitative estimate of drug-likeness (QED) is 0.148. The summed E-state index contributed by atoms with van der Waals surface area (Å²) in [7, 11) is 0. The summed E-state index contributed by atoms with van der Waals surface area (Å²) < 4.78 is 0. The summed E-state index contributed by atoms with van der Waals surface area (Å²) in [5.41, 5.74) is 0.391. The number of rotatable bonds is 20. The van der Waals surface area contributed by atoms with Gasteiger partial charge in [0.15, 0.2) is 0 Å². The molecule has 1 aliphatic heterocycles. The number of nitrogens with zero attached hydrogens (tertiary/aromatic N) is 4. The summed E-state index contributed by atoms with van der Waals surface area (Å²) in [6.07, 6.45) is 15.6. The number of unbranched alkanes of at least 4 members (excludes halogenated alkanes) is 11. The monoisotopic (exact) mass is 535 g/mol. The first-order valence-electron chi connectivity index (χ1n) is 14.7. The number of aromatic nitrogens is 1. The number of quaternary nitrogens is 1. The second-order valence-electron chi connectivity index (χ2n) is 10.5. The predicted molar refractivity (Wildman–Crippen MR) is 150 cm³/mol. The molecule has 1 aromatic rings. The molecule has 1 amide bonds. The van der Waals surface area contributed by atoms with Crippen molar-refractivity contribution < 1.29 is 19.8 Å². The molecule has 0 spiro atoms. The van der Waals surface area contributed by atoms with Gasteiger partial charge in [0.2, 0.25) is 0 Å². The van der Waals surface area contributed by atoms with E-state index in [4.69, 9.17) is 0 Å². The Balaban J connectivity index is 1.48. The highest BCUT2D eigenvalue weighted by Gasteiger charge is 2.21. The smallest absolute Gasteiger partial charge is 0.345 e. The molecule has 216 valence electrons. The Hall–Kier alpha value is -2.30. The van der Waals surface area contributed by atoms with Crippen LogP contribution in [0.1, 0.15) is 108 Å². The first kappa shape index (κ1) is 31.9. The highest BCUT2D eigenvalue weighted by molar-refractivity contribution is 5.87. The predicted octanol–water partition coefficient (Wildman–Crippen LogP) is 4.41. The lowest BCUT2D eigenvalue weighted by Crippen LogP contribution is -3.10. The van der Waals surface area contributed by atoms with Crippen LogP contribution in [0.2, 0.25) is 0 Å². The Kier molecular flexibility index (Phi) is 15.8. The number of pyridine rings is 1. The Labute approximate surface area is 228 Å². The minimum Gasteiger partial charge on any atom is -0.626 e. The van der Waals surface area contributed by atoms with Crippen molar-refractivity contribution in [1.29, 1.82) is 0 Å². The molecule has 2 heterocycles. The fraction of sp³-hybridized carbons (Fsp3) is 0.786. The molecule has 1 aliphatic rings. The SMILES string of the molecule is CCC(C)N1CCN(c2ccc(C(=O)[NH+]([O-])CCCCCCCCCCCCCCO[N+](=O)[O-])cn2)CC1. The third-order valence-electron chi connectivity index (χ3n) is 7.61. The van der Waals surface area contributed by atoms with Gasteiger partial charge in [-0.05, 0) is 44.7 Å². The van der Waals surface area contributed by atoms with Gasteiger partial charge < -0.3 is 20.0 Å². The standard InChI is InChI=1S/C28H49N5O5/c1-3-25(2)30-19-21-31(22-20-30)27-17-16-26(24-29-27)28(34)32(35)18-14-12-10-8-6-4-5-7-9-11-13-15-23-38-33(36)37/h16-17,24-25,32H,3-15,18-23H2,1-2H3. The maximum Gasteiger partial charge on any atom is 0.345 e. The van der Waals surface area contributed by atoms with Gasteiger partial charge in [0.05, 0.1) is 18.7 Å². The summed E-state index contributed by atoms with van der Waals surface area (Å²) in [6.45, 7) is 8.88.